The second-order valence-electron chi connectivity index (χ2n) is 4.54. The Kier molecular flexibility index (Phi) is 4.69. The molecule has 0 aliphatic rings. The number of hydrogen-bond donors (Lipinski definition) is 1. The smallest absolute Gasteiger partial charge is 0.207 e. The van der Waals surface area contributed by atoms with E-state index in [1.807, 2.05) is 25.1 Å². The summed E-state index contributed by atoms with van der Waals surface area (Å²) in [5, 5.41) is 8.94. The Hall–Kier alpha value is -1.39. The lowest BCUT2D eigenvalue weighted by molar-refractivity contribution is 0.568. The molecule has 2 aromatic rings. The van der Waals surface area contributed by atoms with Gasteiger partial charge in [0, 0.05) is 9.75 Å². The molecule has 0 radical (unpaired) electrons. The molecule has 7 heteroatoms. The minimum atomic E-state index is -3.68. The van der Waals surface area contributed by atoms with Gasteiger partial charge in [0.2, 0.25) is 10.0 Å². The predicted molar refractivity (Wildman–Crippen MR) is 84.0 cm³/mol. The van der Waals surface area contributed by atoms with E-state index in [-0.39, 0.29) is 21.5 Å². The molecule has 21 heavy (non-hydrogen) atoms. The van der Waals surface area contributed by atoms with Gasteiger partial charge in [0.15, 0.2) is 0 Å². The molecule has 1 unspecified atom stereocenters. The molecule has 4 nitrogen and oxygen atoms in total. The van der Waals surface area contributed by atoms with Crippen LogP contribution in [-0.4, -0.2) is 8.42 Å². The Balaban J connectivity index is 2.26. The molecule has 0 amide bonds. The van der Waals surface area contributed by atoms with Gasteiger partial charge in [0.05, 0.1) is 21.5 Å². The SMILES string of the molecule is Cc1ccc(C(C)NS(=O)(=O)c2ccc(C#N)c(Cl)c2)s1. The number of aryl methyl sites for hydroxylation is 1. The van der Waals surface area contributed by atoms with Crippen LogP contribution in [0.3, 0.4) is 0 Å². The van der Waals surface area contributed by atoms with Crippen molar-refractivity contribution in [3.63, 3.8) is 0 Å². The van der Waals surface area contributed by atoms with Crippen molar-refractivity contribution < 1.29 is 8.42 Å². The highest BCUT2D eigenvalue weighted by atomic mass is 35.5. The lowest BCUT2D eigenvalue weighted by Gasteiger charge is -2.13. The molecular weight excluding hydrogens is 328 g/mol. The zero-order valence-electron chi connectivity index (χ0n) is 11.4. The standard InChI is InChI=1S/C14H13ClN2O2S2/c1-9-3-6-14(20-9)10(2)17-21(18,19)12-5-4-11(8-16)13(15)7-12/h3-7,10,17H,1-2H3. The Morgan fingerprint density at radius 2 is 2.05 bits per heavy atom. The molecule has 1 aromatic heterocycles. The highest BCUT2D eigenvalue weighted by Gasteiger charge is 2.20. The largest absolute Gasteiger partial charge is 0.241 e. The summed E-state index contributed by atoms with van der Waals surface area (Å²) in [6, 6.07) is 9.48. The average Bonchev–Trinajstić information content (AvgIpc) is 2.85. The minimum Gasteiger partial charge on any atom is -0.207 e. The summed E-state index contributed by atoms with van der Waals surface area (Å²) in [6.45, 7) is 3.75. The number of halogens is 1. The second kappa shape index (κ2) is 6.16. The van der Waals surface area contributed by atoms with E-state index in [4.69, 9.17) is 16.9 Å². The van der Waals surface area contributed by atoms with Crippen LogP contribution in [0.4, 0.5) is 0 Å². The number of nitriles is 1. The summed E-state index contributed by atoms with van der Waals surface area (Å²) in [4.78, 5) is 2.11. The first kappa shape index (κ1) is 16.0. The predicted octanol–water partition coefficient (Wildman–Crippen LogP) is 3.62. The van der Waals surface area contributed by atoms with Crippen molar-refractivity contribution in [3.8, 4) is 6.07 Å². The lowest BCUT2D eigenvalue weighted by atomic mass is 10.2. The van der Waals surface area contributed by atoms with Gasteiger partial charge in [-0.05, 0) is 44.2 Å². The maximum atomic E-state index is 12.3. The first-order chi connectivity index (χ1) is 9.83. The van der Waals surface area contributed by atoms with Crippen molar-refractivity contribution in [1.29, 1.82) is 5.26 Å². The molecule has 0 saturated carbocycles. The number of sulfonamides is 1. The minimum absolute atomic E-state index is 0.0478. The highest BCUT2D eigenvalue weighted by molar-refractivity contribution is 7.89. The molecule has 110 valence electrons. The quantitative estimate of drug-likeness (QED) is 0.924. The normalized spacial score (nSPS) is 12.9. The summed E-state index contributed by atoms with van der Waals surface area (Å²) in [5.74, 6) is 0. The van der Waals surface area contributed by atoms with E-state index in [0.717, 1.165) is 9.75 Å². The summed E-state index contributed by atoms with van der Waals surface area (Å²) >= 11 is 7.42. The zero-order chi connectivity index (χ0) is 15.6. The van der Waals surface area contributed by atoms with Crippen LogP contribution in [0.2, 0.25) is 5.02 Å². The fourth-order valence-electron chi connectivity index (χ4n) is 1.80. The van der Waals surface area contributed by atoms with Crippen molar-refractivity contribution in [3.05, 3.63) is 50.7 Å². The molecule has 1 atom stereocenters. The van der Waals surface area contributed by atoms with Crippen molar-refractivity contribution in [1.82, 2.24) is 4.72 Å². The van der Waals surface area contributed by atoms with Gasteiger partial charge in [-0.25, -0.2) is 13.1 Å². The van der Waals surface area contributed by atoms with Crippen molar-refractivity contribution in [2.24, 2.45) is 0 Å². The Labute approximate surface area is 133 Å². The topological polar surface area (TPSA) is 70.0 Å². The van der Waals surface area contributed by atoms with Gasteiger partial charge in [-0.2, -0.15) is 5.26 Å². The maximum absolute atomic E-state index is 12.3. The summed E-state index contributed by atoms with van der Waals surface area (Å²) in [5.41, 5.74) is 0.248. The Bertz CT molecular complexity index is 807. The lowest BCUT2D eigenvalue weighted by Crippen LogP contribution is -2.26. The third kappa shape index (κ3) is 3.63. The molecule has 2 rings (SSSR count). The van der Waals surface area contributed by atoms with Gasteiger partial charge in [-0.15, -0.1) is 11.3 Å². The highest BCUT2D eigenvalue weighted by Crippen LogP contribution is 2.25. The van der Waals surface area contributed by atoms with Crippen LogP contribution in [0.25, 0.3) is 0 Å². The zero-order valence-corrected chi connectivity index (χ0v) is 13.8. The molecule has 0 spiro atoms. The first-order valence-corrected chi connectivity index (χ1v) is 8.79. The van der Waals surface area contributed by atoms with Gasteiger partial charge in [-0.3, -0.25) is 0 Å². The summed E-state index contributed by atoms with van der Waals surface area (Å²) in [7, 11) is -3.68. The molecule has 1 heterocycles. The Morgan fingerprint density at radius 3 is 2.57 bits per heavy atom. The van der Waals surface area contributed by atoms with Gasteiger partial charge >= 0.3 is 0 Å². The fraction of sp³-hybridized carbons (Fsp3) is 0.214. The molecule has 0 aliphatic heterocycles. The van der Waals surface area contributed by atoms with Crippen molar-refractivity contribution >= 4 is 33.0 Å². The third-order valence-electron chi connectivity index (χ3n) is 2.89. The fourth-order valence-corrected chi connectivity index (χ4v) is 4.29. The summed E-state index contributed by atoms with van der Waals surface area (Å²) in [6.07, 6.45) is 0. The van der Waals surface area contributed by atoms with Crippen LogP contribution < -0.4 is 4.72 Å². The second-order valence-corrected chi connectivity index (χ2v) is 7.99. The van der Waals surface area contributed by atoms with Crippen LogP contribution in [0, 0.1) is 18.3 Å². The molecule has 1 aromatic carbocycles. The van der Waals surface area contributed by atoms with Crippen molar-refractivity contribution in [2.75, 3.05) is 0 Å². The monoisotopic (exact) mass is 340 g/mol. The average molecular weight is 341 g/mol. The van der Waals surface area contributed by atoms with Gasteiger partial charge in [-0.1, -0.05) is 11.6 Å². The van der Waals surface area contributed by atoms with Gasteiger partial charge in [0.1, 0.15) is 6.07 Å². The first-order valence-electron chi connectivity index (χ1n) is 6.12. The van der Waals surface area contributed by atoms with Crippen LogP contribution in [0.5, 0.6) is 0 Å². The molecule has 0 aliphatic carbocycles. The van der Waals surface area contributed by atoms with E-state index in [1.54, 1.807) is 18.3 Å². The molecule has 0 saturated heterocycles. The molecular formula is C14H13ClN2O2S2. The van der Waals surface area contributed by atoms with Crippen molar-refractivity contribution in [2.45, 2.75) is 24.8 Å². The number of hydrogen-bond acceptors (Lipinski definition) is 4. The van der Waals surface area contributed by atoms with Crippen LogP contribution in [-0.2, 0) is 10.0 Å². The number of nitrogens with one attached hydrogen (secondary N) is 1. The van der Waals surface area contributed by atoms with Crippen LogP contribution in [0.1, 0.15) is 28.3 Å². The van der Waals surface area contributed by atoms with E-state index < -0.39 is 10.0 Å². The number of thiophene rings is 1. The maximum Gasteiger partial charge on any atom is 0.241 e. The van der Waals surface area contributed by atoms with E-state index in [1.165, 1.54) is 18.2 Å². The molecule has 0 bridgehead atoms. The Morgan fingerprint density at radius 1 is 1.33 bits per heavy atom. The summed E-state index contributed by atoms with van der Waals surface area (Å²) < 4.78 is 27.3. The van der Waals surface area contributed by atoms with E-state index in [0.29, 0.717) is 0 Å². The van der Waals surface area contributed by atoms with Crippen LogP contribution >= 0.6 is 22.9 Å². The third-order valence-corrected chi connectivity index (χ3v) is 5.93. The van der Waals surface area contributed by atoms with E-state index >= 15 is 0 Å². The van der Waals surface area contributed by atoms with E-state index in [2.05, 4.69) is 4.72 Å². The number of rotatable bonds is 4. The van der Waals surface area contributed by atoms with Crippen LogP contribution in [0.15, 0.2) is 35.2 Å². The molecule has 1 N–H and O–H groups in total. The van der Waals surface area contributed by atoms with Gasteiger partial charge in [0.25, 0.3) is 0 Å². The van der Waals surface area contributed by atoms with Gasteiger partial charge < -0.3 is 0 Å². The van der Waals surface area contributed by atoms with E-state index in [9.17, 15) is 8.42 Å². The molecule has 0 fully saturated rings. The number of benzene rings is 1. The number of nitrogens with zero attached hydrogens (tertiary/aromatic N) is 1.